The molecule has 0 aliphatic carbocycles. The Morgan fingerprint density at radius 3 is 2.88 bits per heavy atom. The summed E-state index contributed by atoms with van der Waals surface area (Å²) in [4.78, 5) is 11.4. The summed E-state index contributed by atoms with van der Waals surface area (Å²) >= 11 is 3.14. The van der Waals surface area contributed by atoms with Gasteiger partial charge in [0, 0.05) is 6.07 Å². The van der Waals surface area contributed by atoms with Gasteiger partial charge in [0.05, 0.1) is 16.6 Å². The maximum Gasteiger partial charge on any atom is 0.180 e. The van der Waals surface area contributed by atoms with Crippen molar-refractivity contribution < 1.29 is 18.7 Å². The number of fused-ring (bicyclic) bond motifs is 1. The van der Waals surface area contributed by atoms with Crippen molar-refractivity contribution >= 4 is 21.7 Å². The molecule has 0 radical (unpaired) electrons. The third kappa shape index (κ3) is 1.78. The minimum atomic E-state index is -0.661. The second kappa shape index (κ2) is 4.39. The highest BCUT2D eigenvalue weighted by molar-refractivity contribution is 9.10. The highest BCUT2D eigenvalue weighted by Gasteiger charge is 2.24. The van der Waals surface area contributed by atoms with E-state index in [1.54, 1.807) is 0 Å². The molecule has 0 saturated carbocycles. The molecule has 6 heteroatoms. The Morgan fingerprint density at radius 2 is 2.19 bits per heavy atom. The number of rotatable bonds is 2. The number of carbonyl (C=O) groups is 1. The maximum absolute atomic E-state index is 13.6. The second-order valence-corrected chi connectivity index (χ2v) is 3.99. The standard InChI is InChI=1S/C10H9BrFNO3/c11-9-8(6(14)4-13)5(12)3-7-10(9)16-2-1-15-7/h3H,1-2,4,13H2. The van der Waals surface area contributed by atoms with E-state index in [-0.39, 0.29) is 16.6 Å². The molecule has 0 fully saturated rings. The predicted molar refractivity (Wildman–Crippen MR) is 58.5 cm³/mol. The normalized spacial score (nSPS) is 13.7. The molecule has 0 aromatic heterocycles. The molecule has 1 heterocycles. The van der Waals surface area contributed by atoms with Gasteiger partial charge in [-0.2, -0.15) is 0 Å². The van der Waals surface area contributed by atoms with Crippen molar-refractivity contribution in [3.05, 3.63) is 21.9 Å². The van der Waals surface area contributed by atoms with E-state index in [1.807, 2.05) is 0 Å². The molecule has 0 spiro atoms. The van der Waals surface area contributed by atoms with E-state index in [0.29, 0.717) is 24.7 Å². The average molecular weight is 290 g/mol. The van der Waals surface area contributed by atoms with Crippen molar-refractivity contribution in [3.63, 3.8) is 0 Å². The topological polar surface area (TPSA) is 61.6 Å². The van der Waals surface area contributed by atoms with Crippen LogP contribution in [-0.4, -0.2) is 25.5 Å². The van der Waals surface area contributed by atoms with Gasteiger partial charge >= 0.3 is 0 Å². The molecule has 0 atom stereocenters. The largest absolute Gasteiger partial charge is 0.486 e. The zero-order chi connectivity index (χ0) is 11.7. The Kier molecular flexibility index (Phi) is 3.11. The molecule has 86 valence electrons. The first-order valence-electron chi connectivity index (χ1n) is 4.66. The third-order valence-corrected chi connectivity index (χ3v) is 2.95. The number of ketones is 1. The summed E-state index contributed by atoms with van der Waals surface area (Å²) in [5.41, 5.74) is 5.12. The number of nitrogens with two attached hydrogens (primary N) is 1. The lowest BCUT2D eigenvalue weighted by Crippen LogP contribution is -2.20. The van der Waals surface area contributed by atoms with Crippen LogP contribution in [0.15, 0.2) is 10.5 Å². The Balaban J connectivity index is 2.58. The SMILES string of the molecule is NCC(=O)c1c(F)cc2c(c1Br)OCCO2. The van der Waals surface area contributed by atoms with Gasteiger partial charge in [0.15, 0.2) is 17.3 Å². The average Bonchev–Trinajstić information content (AvgIpc) is 2.28. The van der Waals surface area contributed by atoms with Gasteiger partial charge in [-0.15, -0.1) is 0 Å². The summed E-state index contributed by atoms with van der Waals surface area (Å²) in [6.07, 6.45) is 0. The molecular weight excluding hydrogens is 281 g/mol. The van der Waals surface area contributed by atoms with Crippen molar-refractivity contribution in [3.8, 4) is 11.5 Å². The summed E-state index contributed by atoms with van der Waals surface area (Å²) < 4.78 is 24.4. The molecule has 1 aromatic rings. The zero-order valence-corrected chi connectivity index (χ0v) is 9.84. The molecule has 1 aliphatic rings. The number of halogens is 2. The zero-order valence-electron chi connectivity index (χ0n) is 8.26. The summed E-state index contributed by atoms with van der Waals surface area (Å²) in [5.74, 6) is -0.499. The van der Waals surface area contributed by atoms with Crippen LogP contribution in [0.4, 0.5) is 4.39 Å². The second-order valence-electron chi connectivity index (χ2n) is 3.20. The van der Waals surface area contributed by atoms with E-state index in [2.05, 4.69) is 15.9 Å². The van der Waals surface area contributed by atoms with Crippen molar-refractivity contribution in [1.29, 1.82) is 0 Å². The van der Waals surface area contributed by atoms with Crippen LogP contribution in [0.25, 0.3) is 0 Å². The van der Waals surface area contributed by atoms with Crippen LogP contribution in [0.2, 0.25) is 0 Å². The number of Topliss-reactive ketones (excluding diaryl/α,β-unsaturated/α-hetero) is 1. The molecule has 0 unspecified atom stereocenters. The molecule has 16 heavy (non-hydrogen) atoms. The quantitative estimate of drug-likeness (QED) is 0.838. The number of hydrogen-bond donors (Lipinski definition) is 1. The molecule has 1 aromatic carbocycles. The highest BCUT2D eigenvalue weighted by Crippen LogP contribution is 2.41. The van der Waals surface area contributed by atoms with Gasteiger partial charge in [-0.1, -0.05) is 0 Å². The van der Waals surface area contributed by atoms with Crippen LogP contribution in [0.3, 0.4) is 0 Å². The lowest BCUT2D eigenvalue weighted by molar-refractivity contribution is 0.0994. The van der Waals surface area contributed by atoms with E-state index in [0.717, 1.165) is 6.07 Å². The first-order chi connectivity index (χ1) is 7.65. The first kappa shape index (κ1) is 11.3. The summed E-state index contributed by atoms with van der Waals surface area (Å²) in [6.45, 7) is 0.478. The minimum absolute atomic E-state index is 0.0910. The van der Waals surface area contributed by atoms with Gasteiger partial charge in [-0.25, -0.2) is 4.39 Å². The van der Waals surface area contributed by atoms with Crippen molar-refractivity contribution in [2.75, 3.05) is 19.8 Å². The Labute approximate surface area is 99.6 Å². The molecule has 2 rings (SSSR count). The van der Waals surface area contributed by atoms with Crippen LogP contribution in [0, 0.1) is 5.82 Å². The van der Waals surface area contributed by atoms with Crippen LogP contribution < -0.4 is 15.2 Å². The fourth-order valence-corrected chi connectivity index (χ4v) is 2.19. The van der Waals surface area contributed by atoms with Gasteiger partial charge in [-0.05, 0) is 15.9 Å². The third-order valence-electron chi connectivity index (χ3n) is 2.19. The lowest BCUT2D eigenvalue weighted by atomic mass is 10.1. The first-order valence-corrected chi connectivity index (χ1v) is 5.45. The van der Waals surface area contributed by atoms with Crippen molar-refractivity contribution in [2.45, 2.75) is 0 Å². The molecule has 2 N–H and O–H groups in total. The predicted octanol–water partition coefficient (Wildman–Crippen LogP) is 1.50. The molecule has 0 saturated heterocycles. The summed E-state index contributed by atoms with van der Waals surface area (Å²) in [7, 11) is 0. The fraction of sp³-hybridized carbons (Fsp3) is 0.300. The Morgan fingerprint density at radius 1 is 1.50 bits per heavy atom. The minimum Gasteiger partial charge on any atom is -0.486 e. The monoisotopic (exact) mass is 289 g/mol. The molecule has 4 nitrogen and oxygen atoms in total. The molecule has 1 aliphatic heterocycles. The molecule has 0 bridgehead atoms. The van der Waals surface area contributed by atoms with Gasteiger partial charge in [0.2, 0.25) is 0 Å². The van der Waals surface area contributed by atoms with Crippen LogP contribution in [0.5, 0.6) is 11.5 Å². The number of ether oxygens (including phenoxy) is 2. The van der Waals surface area contributed by atoms with Crippen LogP contribution in [-0.2, 0) is 0 Å². The Bertz CT molecular complexity index is 450. The van der Waals surface area contributed by atoms with E-state index in [4.69, 9.17) is 15.2 Å². The fourth-order valence-electron chi connectivity index (χ4n) is 1.47. The van der Waals surface area contributed by atoms with Crippen LogP contribution in [0.1, 0.15) is 10.4 Å². The van der Waals surface area contributed by atoms with E-state index < -0.39 is 11.6 Å². The summed E-state index contributed by atoms with van der Waals surface area (Å²) in [6, 6.07) is 1.14. The Hall–Kier alpha value is -1.14. The number of hydrogen-bond acceptors (Lipinski definition) is 4. The number of benzene rings is 1. The van der Waals surface area contributed by atoms with Gasteiger partial charge < -0.3 is 15.2 Å². The van der Waals surface area contributed by atoms with Gasteiger partial charge in [0.1, 0.15) is 19.0 Å². The van der Waals surface area contributed by atoms with Crippen molar-refractivity contribution in [2.24, 2.45) is 5.73 Å². The van der Waals surface area contributed by atoms with Crippen molar-refractivity contribution in [1.82, 2.24) is 0 Å². The lowest BCUT2D eigenvalue weighted by Gasteiger charge is -2.21. The van der Waals surface area contributed by atoms with E-state index in [1.165, 1.54) is 0 Å². The van der Waals surface area contributed by atoms with Gasteiger partial charge in [-0.3, -0.25) is 4.79 Å². The smallest absolute Gasteiger partial charge is 0.180 e. The van der Waals surface area contributed by atoms with Gasteiger partial charge in [0.25, 0.3) is 0 Å². The molecule has 0 amide bonds. The van der Waals surface area contributed by atoms with E-state index in [9.17, 15) is 9.18 Å². The number of carbonyl (C=O) groups excluding carboxylic acids is 1. The highest BCUT2D eigenvalue weighted by atomic mass is 79.9. The van der Waals surface area contributed by atoms with Crippen LogP contribution >= 0.6 is 15.9 Å². The van der Waals surface area contributed by atoms with E-state index >= 15 is 0 Å². The molecular formula is C10H9BrFNO3. The maximum atomic E-state index is 13.6. The summed E-state index contributed by atoms with van der Waals surface area (Å²) in [5, 5.41) is 0.